The molecule has 140 valence electrons. The van der Waals surface area contributed by atoms with Gasteiger partial charge < -0.3 is 9.72 Å². The number of rotatable bonds is 7. The van der Waals surface area contributed by atoms with Gasteiger partial charge >= 0.3 is 5.97 Å². The quantitative estimate of drug-likeness (QED) is 0.379. The van der Waals surface area contributed by atoms with E-state index < -0.39 is 5.97 Å². The number of tetrazole rings is 1. The van der Waals surface area contributed by atoms with Gasteiger partial charge in [-0.05, 0) is 43.3 Å². The van der Waals surface area contributed by atoms with E-state index in [-0.39, 0.29) is 18.1 Å². The second-order valence-corrected chi connectivity index (χ2v) is 6.71. The number of ketones is 1. The number of benzene rings is 1. The molecule has 0 saturated heterocycles. The zero-order valence-electron chi connectivity index (χ0n) is 15.2. The molecule has 2 heterocycles. The molecule has 0 unspecified atom stereocenters. The first-order valence-electron chi connectivity index (χ1n) is 8.39. The monoisotopic (exact) mass is 385 g/mol. The minimum Gasteiger partial charge on any atom is -0.462 e. The summed E-state index contributed by atoms with van der Waals surface area (Å²) in [6.45, 7) is 5.49. The Kier molecular flexibility index (Phi) is 5.70. The first-order valence-corrected chi connectivity index (χ1v) is 9.37. The van der Waals surface area contributed by atoms with Crippen LogP contribution < -0.4 is 0 Å². The maximum Gasteiger partial charge on any atom is 0.340 e. The second-order valence-electron chi connectivity index (χ2n) is 5.77. The van der Waals surface area contributed by atoms with Crippen LogP contribution in [0.4, 0.5) is 0 Å². The van der Waals surface area contributed by atoms with E-state index in [4.69, 9.17) is 4.74 Å². The summed E-state index contributed by atoms with van der Waals surface area (Å²) in [5, 5.41) is 12.1. The van der Waals surface area contributed by atoms with Gasteiger partial charge in [-0.15, -0.1) is 5.10 Å². The number of hydrogen-bond donors (Lipinski definition) is 1. The Hall–Kier alpha value is -2.94. The topological polar surface area (TPSA) is 103 Å². The van der Waals surface area contributed by atoms with Gasteiger partial charge in [-0.25, -0.2) is 4.79 Å². The van der Waals surface area contributed by atoms with E-state index >= 15 is 0 Å². The lowest BCUT2D eigenvalue weighted by molar-refractivity contribution is 0.0522. The van der Waals surface area contributed by atoms with E-state index in [1.54, 1.807) is 25.5 Å². The molecule has 0 aliphatic heterocycles. The SMILES string of the molecule is CCOC(=O)c1c(C)[nH]c(C)c1C(=O)CSc1nnnn1-c1ccccc1. The van der Waals surface area contributed by atoms with Gasteiger partial charge in [0, 0.05) is 11.4 Å². The van der Waals surface area contributed by atoms with Gasteiger partial charge in [-0.3, -0.25) is 4.79 Å². The number of aryl methyl sites for hydroxylation is 2. The highest BCUT2D eigenvalue weighted by molar-refractivity contribution is 7.99. The van der Waals surface area contributed by atoms with Gasteiger partial charge in [0.25, 0.3) is 0 Å². The van der Waals surface area contributed by atoms with Gasteiger partial charge in [0.05, 0.1) is 29.2 Å². The molecule has 0 aliphatic rings. The highest BCUT2D eigenvalue weighted by Crippen LogP contribution is 2.24. The number of thioether (sulfide) groups is 1. The number of ether oxygens (including phenoxy) is 1. The summed E-state index contributed by atoms with van der Waals surface area (Å²) in [6, 6.07) is 9.42. The molecule has 0 spiro atoms. The summed E-state index contributed by atoms with van der Waals surface area (Å²) in [5.41, 5.74) is 2.72. The van der Waals surface area contributed by atoms with Crippen LogP contribution in [-0.4, -0.2) is 49.3 Å². The van der Waals surface area contributed by atoms with Gasteiger partial charge in [0.1, 0.15) is 0 Å². The van der Waals surface area contributed by atoms with Gasteiger partial charge in [-0.1, -0.05) is 30.0 Å². The van der Waals surface area contributed by atoms with Gasteiger partial charge in [-0.2, -0.15) is 4.68 Å². The average Bonchev–Trinajstić information content (AvgIpc) is 3.24. The maximum absolute atomic E-state index is 12.8. The van der Waals surface area contributed by atoms with Gasteiger partial charge in [0.2, 0.25) is 5.16 Å². The van der Waals surface area contributed by atoms with Crippen LogP contribution in [0.15, 0.2) is 35.5 Å². The molecule has 2 aromatic heterocycles. The number of carbonyl (C=O) groups is 2. The Bertz CT molecular complexity index is 965. The number of aromatic nitrogens is 5. The van der Waals surface area contributed by atoms with E-state index in [9.17, 15) is 9.59 Å². The lowest BCUT2D eigenvalue weighted by Gasteiger charge is -2.06. The number of Topliss-reactive ketones (excluding diaryl/α,β-unsaturated/α-hetero) is 1. The highest BCUT2D eigenvalue weighted by Gasteiger charge is 2.25. The third-order valence-electron chi connectivity index (χ3n) is 3.91. The Morgan fingerprint density at radius 1 is 1.15 bits per heavy atom. The summed E-state index contributed by atoms with van der Waals surface area (Å²) in [7, 11) is 0. The van der Waals surface area contributed by atoms with Crippen LogP contribution in [0, 0.1) is 13.8 Å². The first-order chi connectivity index (χ1) is 13.0. The average molecular weight is 385 g/mol. The molecule has 1 aromatic carbocycles. The summed E-state index contributed by atoms with van der Waals surface area (Å²) in [4.78, 5) is 28.1. The molecule has 0 saturated carbocycles. The van der Waals surface area contributed by atoms with Crippen molar-refractivity contribution in [3.8, 4) is 5.69 Å². The van der Waals surface area contributed by atoms with E-state index in [0.717, 1.165) is 5.69 Å². The van der Waals surface area contributed by atoms with Crippen molar-refractivity contribution in [1.29, 1.82) is 0 Å². The third kappa shape index (κ3) is 3.92. The molecule has 8 nitrogen and oxygen atoms in total. The van der Waals surface area contributed by atoms with Crippen molar-refractivity contribution in [2.75, 3.05) is 12.4 Å². The molecule has 1 N–H and O–H groups in total. The normalized spacial score (nSPS) is 10.8. The number of nitrogens with one attached hydrogen (secondary N) is 1. The highest BCUT2D eigenvalue weighted by atomic mass is 32.2. The number of carbonyl (C=O) groups excluding carboxylic acids is 2. The fourth-order valence-corrected chi connectivity index (χ4v) is 3.55. The molecule has 0 bridgehead atoms. The molecule has 3 rings (SSSR count). The standard InChI is InChI=1S/C18H19N5O3S/c1-4-26-17(25)16-12(3)19-11(2)15(16)14(24)10-27-18-20-21-22-23(18)13-8-6-5-7-9-13/h5-9,19H,4,10H2,1-3H3. The van der Waals surface area contributed by atoms with Crippen molar-refractivity contribution < 1.29 is 14.3 Å². The summed E-state index contributed by atoms with van der Waals surface area (Å²) < 4.78 is 6.65. The molecule has 0 aliphatic carbocycles. The Morgan fingerprint density at radius 2 is 1.85 bits per heavy atom. The van der Waals surface area contributed by atoms with Crippen molar-refractivity contribution in [1.82, 2.24) is 25.2 Å². The largest absolute Gasteiger partial charge is 0.462 e. The minimum atomic E-state index is -0.498. The molecule has 0 amide bonds. The van der Waals surface area contributed by atoms with E-state index in [1.165, 1.54) is 11.8 Å². The molecule has 0 fully saturated rings. The lowest BCUT2D eigenvalue weighted by atomic mass is 10.1. The first kappa shape index (κ1) is 18.8. The van der Waals surface area contributed by atoms with Gasteiger partial charge in [0.15, 0.2) is 5.78 Å². The molecular formula is C18H19N5O3S. The Labute approximate surface area is 160 Å². The number of nitrogens with zero attached hydrogens (tertiary/aromatic N) is 4. The Morgan fingerprint density at radius 3 is 2.56 bits per heavy atom. The third-order valence-corrected chi connectivity index (χ3v) is 4.83. The van der Waals surface area contributed by atoms with Crippen LogP contribution in [-0.2, 0) is 4.74 Å². The second kappa shape index (κ2) is 8.17. The maximum atomic E-state index is 12.8. The fraction of sp³-hybridized carbons (Fsp3) is 0.278. The summed E-state index contributed by atoms with van der Waals surface area (Å²) in [6.07, 6.45) is 0. The van der Waals surface area contributed by atoms with Crippen molar-refractivity contribution in [2.45, 2.75) is 25.9 Å². The van der Waals surface area contributed by atoms with Crippen LogP contribution in [0.2, 0.25) is 0 Å². The molecule has 9 heteroatoms. The van der Waals surface area contributed by atoms with Crippen molar-refractivity contribution in [2.24, 2.45) is 0 Å². The molecule has 3 aromatic rings. The van der Waals surface area contributed by atoms with Crippen molar-refractivity contribution in [3.05, 3.63) is 52.8 Å². The van der Waals surface area contributed by atoms with Crippen molar-refractivity contribution >= 4 is 23.5 Å². The molecular weight excluding hydrogens is 366 g/mol. The van der Waals surface area contributed by atoms with Crippen LogP contribution in [0.5, 0.6) is 0 Å². The molecule has 0 atom stereocenters. The van der Waals surface area contributed by atoms with Crippen LogP contribution in [0.25, 0.3) is 5.69 Å². The van der Waals surface area contributed by atoms with E-state index in [2.05, 4.69) is 20.5 Å². The number of hydrogen-bond acceptors (Lipinski definition) is 7. The fourth-order valence-electron chi connectivity index (χ4n) is 2.79. The number of para-hydroxylation sites is 1. The summed E-state index contributed by atoms with van der Waals surface area (Å²) >= 11 is 1.21. The zero-order valence-corrected chi connectivity index (χ0v) is 16.0. The predicted octanol–water partition coefficient (Wildman–Crippen LogP) is 2.76. The number of H-pyrrole nitrogens is 1. The molecule has 27 heavy (non-hydrogen) atoms. The van der Waals surface area contributed by atoms with E-state index in [1.807, 2.05) is 30.3 Å². The Balaban J connectivity index is 1.80. The smallest absolute Gasteiger partial charge is 0.340 e. The summed E-state index contributed by atoms with van der Waals surface area (Å²) in [5.74, 6) is -0.591. The van der Waals surface area contributed by atoms with E-state index in [0.29, 0.717) is 27.7 Å². The van der Waals surface area contributed by atoms with Crippen LogP contribution in [0.3, 0.4) is 0 Å². The molecule has 0 radical (unpaired) electrons. The minimum absolute atomic E-state index is 0.0950. The lowest BCUT2D eigenvalue weighted by Crippen LogP contribution is -2.13. The van der Waals surface area contributed by atoms with Crippen molar-refractivity contribution in [3.63, 3.8) is 0 Å². The number of aromatic amines is 1. The van der Waals surface area contributed by atoms with Crippen LogP contribution >= 0.6 is 11.8 Å². The zero-order chi connectivity index (χ0) is 19.4. The van der Waals surface area contributed by atoms with Crippen LogP contribution in [0.1, 0.15) is 39.0 Å². The predicted molar refractivity (Wildman–Crippen MR) is 100 cm³/mol. The number of esters is 1.